The molecule has 96 valence electrons. The van der Waals surface area contributed by atoms with Crippen molar-refractivity contribution in [2.24, 2.45) is 0 Å². The Bertz CT molecular complexity index is 708. The average Bonchev–Trinajstić information content (AvgIpc) is 2.77. The molecule has 0 unspecified atom stereocenters. The number of anilines is 1. The van der Waals surface area contributed by atoms with Gasteiger partial charge >= 0.3 is 0 Å². The van der Waals surface area contributed by atoms with Gasteiger partial charge in [-0.1, -0.05) is 0 Å². The van der Waals surface area contributed by atoms with Crippen LogP contribution in [-0.2, 0) is 6.54 Å². The molecule has 19 heavy (non-hydrogen) atoms. The average molecular weight is 255 g/mol. The van der Waals surface area contributed by atoms with Gasteiger partial charge in [-0.15, -0.1) is 0 Å². The number of nitrogens with zero attached hydrogens (tertiary/aromatic N) is 4. The number of rotatable bonds is 3. The first kappa shape index (κ1) is 11.6. The first-order valence-corrected chi connectivity index (χ1v) is 5.93. The summed E-state index contributed by atoms with van der Waals surface area (Å²) in [6, 6.07) is 5.78. The highest BCUT2D eigenvalue weighted by Crippen LogP contribution is 2.25. The molecule has 0 aliphatic carbocycles. The topological polar surface area (TPSA) is 89.8 Å². The van der Waals surface area contributed by atoms with Gasteiger partial charge in [-0.3, -0.25) is 4.98 Å². The highest BCUT2D eigenvalue weighted by Gasteiger charge is 2.10. The van der Waals surface area contributed by atoms with Gasteiger partial charge in [0.2, 0.25) is 0 Å². The predicted molar refractivity (Wildman–Crippen MR) is 72.3 cm³/mol. The summed E-state index contributed by atoms with van der Waals surface area (Å²) < 4.78 is 1.61. The third-order valence-corrected chi connectivity index (χ3v) is 2.94. The summed E-state index contributed by atoms with van der Waals surface area (Å²) in [6.07, 6.45) is 5.24. The van der Waals surface area contributed by atoms with Crippen LogP contribution in [0.2, 0.25) is 0 Å². The van der Waals surface area contributed by atoms with E-state index in [9.17, 15) is 0 Å². The SMILES string of the molecule is Nc1nn(CCO)c2ncc(-c3ccncc3)cc12. The Hall–Kier alpha value is -2.47. The lowest BCUT2D eigenvalue weighted by Crippen LogP contribution is -2.04. The molecule has 3 aromatic heterocycles. The van der Waals surface area contributed by atoms with Crippen molar-refractivity contribution in [2.75, 3.05) is 12.3 Å². The van der Waals surface area contributed by atoms with Crippen molar-refractivity contribution in [1.29, 1.82) is 0 Å². The second kappa shape index (κ2) is 4.66. The van der Waals surface area contributed by atoms with Gasteiger partial charge in [-0.05, 0) is 23.8 Å². The van der Waals surface area contributed by atoms with Crippen LogP contribution in [0.5, 0.6) is 0 Å². The molecule has 0 atom stereocenters. The number of aromatic nitrogens is 4. The van der Waals surface area contributed by atoms with Crippen LogP contribution in [0.25, 0.3) is 22.2 Å². The van der Waals surface area contributed by atoms with E-state index < -0.39 is 0 Å². The lowest BCUT2D eigenvalue weighted by atomic mass is 10.1. The van der Waals surface area contributed by atoms with Gasteiger partial charge in [0.05, 0.1) is 18.5 Å². The number of aliphatic hydroxyl groups is 1. The summed E-state index contributed by atoms with van der Waals surface area (Å²) in [5, 5.41) is 14.0. The number of nitrogen functional groups attached to an aromatic ring is 1. The van der Waals surface area contributed by atoms with Gasteiger partial charge < -0.3 is 10.8 Å². The molecule has 0 aromatic carbocycles. The molecular weight excluding hydrogens is 242 g/mol. The quantitative estimate of drug-likeness (QED) is 0.730. The summed E-state index contributed by atoms with van der Waals surface area (Å²) in [4.78, 5) is 8.38. The second-order valence-corrected chi connectivity index (χ2v) is 4.16. The summed E-state index contributed by atoms with van der Waals surface area (Å²) in [7, 11) is 0. The van der Waals surface area contributed by atoms with E-state index in [0.29, 0.717) is 18.0 Å². The number of nitrogens with two attached hydrogens (primary N) is 1. The summed E-state index contributed by atoms with van der Waals surface area (Å²) >= 11 is 0. The summed E-state index contributed by atoms with van der Waals surface area (Å²) in [6.45, 7) is 0.388. The molecule has 0 radical (unpaired) electrons. The Labute approximate surface area is 109 Å². The molecule has 0 fully saturated rings. The van der Waals surface area contributed by atoms with E-state index in [4.69, 9.17) is 10.8 Å². The van der Waals surface area contributed by atoms with Crippen LogP contribution in [0.3, 0.4) is 0 Å². The molecule has 0 saturated carbocycles. The molecule has 3 N–H and O–H groups in total. The van der Waals surface area contributed by atoms with Gasteiger partial charge in [-0.2, -0.15) is 5.10 Å². The smallest absolute Gasteiger partial charge is 0.160 e. The van der Waals surface area contributed by atoms with Gasteiger partial charge in [0.15, 0.2) is 11.5 Å². The zero-order chi connectivity index (χ0) is 13.2. The number of hydrogen-bond donors (Lipinski definition) is 2. The molecule has 0 aliphatic heterocycles. The maximum atomic E-state index is 8.98. The van der Waals surface area contributed by atoms with E-state index in [1.165, 1.54) is 0 Å². The Morgan fingerprint density at radius 2 is 2.00 bits per heavy atom. The van der Waals surface area contributed by atoms with E-state index in [-0.39, 0.29) is 6.61 Å². The van der Waals surface area contributed by atoms with E-state index in [1.807, 2.05) is 18.2 Å². The van der Waals surface area contributed by atoms with E-state index in [0.717, 1.165) is 16.5 Å². The third kappa shape index (κ3) is 2.02. The van der Waals surface area contributed by atoms with Crippen molar-refractivity contribution in [3.8, 4) is 11.1 Å². The highest BCUT2D eigenvalue weighted by molar-refractivity contribution is 5.89. The fourth-order valence-corrected chi connectivity index (χ4v) is 2.04. The van der Waals surface area contributed by atoms with Crippen molar-refractivity contribution in [3.05, 3.63) is 36.8 Å². The van der Waals surface area contributed by atoms with Crippen LogP contribution < -0.4 is 5.73 Å². The summed E-state index contributed by atoms with van der Waals surface area (Å²) in [5.74, 6) is 0.423. The standard InChI is InChI=1S/C13H13N5O/c14-12-11-7-10(9-1-3-15-4-2-9)8-16-13(11)18(17-12)5-6-19/h1-4,7-8,19H,5-6H2,(H2,14,17). The van der Waals surface area contributed by atoms with Crippen molar-refractivity contribution in [2.45, 2.75) is 6.54 Å². The summed E-state index contributed by atoms with van der Waals surface area (Å²) in [5.41, 5.74) is 8.56. The van der Waals surface area contributed by atoms with E-state index >= 15 is 0 Å². The molecule has 3 rings (SSSR count). The van der Waals surface area contributed by atoms with Crippen LogP contribution in [0.4, 0.5) is 5.82 Å². The van der Waals surface area contributed by atoms with Crippen molar-refractivity contribution < 1.29 is 5.11 Å². The maximum Gasteiger partial charge on any atom is 0.160 e. The molecule has 3 aromatic rings. The highest BCUT2D eigenvalue weighted by atomic mass is 16.3. The van der Waals surface area contributed by atoms with Crippen LogP contribution in [0.15, 0.2) is 36.8 Å². The minimum atomic E-state index is 0.00397. The zero-order valence-electron chi connectivity index (χ0n) is 10.2. The molecule has 3 heterocycles. The Balaban J connectivity index is 2.14. The molecule has 6 heteroatoms. The second-order valence-electron chi connectivity index (χ2n) is 4.16. The molecule has 0 amide bonds. The van der Waals surface area contributed by atoms with E-state index in [1.54, 1.807) is 23.3 Å². The van der Waals surface area contributed by atoms with Crippen LogP contribution in [0.1, 0.15) is 0 Å². The molecule has 0 bridgehead atoms. The van der Waals surface area contributed by atoms with Gasteiger partial charge in [0.1, 0.15) is 0 Å². The minimum absolute atomic E-state index is 0.00397. The zero-order valence-corrected chi connectivity index (χ0v) is 10.2. The Kier molecular flexibility index (Phi) is 2.85. The molecule has 0 saturated heterocycles. The number of aliphatic hydroxyl groups excluding tert-OH is 1. The molecule has 6 nitrogen and oxygen atoms in total. The molecule has 0 aliphatic rings. The fraction of sp³-hybridized carbons (Fsp3) is 0.154. The van der Waals surface area contributed by atoms with Gasteiger partial charge in [0, 0.05) is 24.2 Å². The monoisotopic (exact) mass is 255 g/mol. The maximum absolute atomic E-state index is 8.98. The predicted octanol–water partition coefficient (Wildman–Crippen LogP) is 1.07. The van der Waals surface area contributed by atoms with Gasteiger partial charge in [0.25, 0.3) is 0 Å². The van der Waals surface area contributed by atoms with Crippen molar-refractivity contribution >= 4 is 16.9 Å². The lowest BCUT2D eigenvalue weighted by Gasteiger charge is -2.02. The minimum Gasteiger partial charge on any atom is -0.394 e. The van der Waals surface area contributed by atoms with Crippen molar-refractivity contribution in [3.63, 3.8) is 0 Å². The number of fused-ring (bicyclic) bond motifs is 1. The Morgan fingerprint density at radius 1 is 1.21 bits per heavy atom. The third-order valence-electron chi connectivity index (χ3n) is 2.94. The number of hydrogen-bond acceptors (Lipinski definition) is 5. The Morgan fingerprint density at radius 3 is 2.74 bits per heavy atom. The first-order chi connectivity index (χ1) is 9.29. The van der Waals surface area contributed by atoms with Crippen LogP contribution in [-0.4, -0.2) is 31.5 Å². The van der Waals surface area contributed by atoms with Gasteiger partial charge in [-0.25, -0.2) is 9.67 Å². The molecule has 0 spiro atoms. The lowest BCUT2D eigenvalue weighted by molar-refractivity contribution is 0.271. The number of pyridine rings is 2. The fourth-order valence-electron chi connectivity index (χ4n) is 2.04. The van der Waals surface area contributed by atoms with Crippen LogP contribution >= 0.6 is 0 Å². The largest absolute Gasteiger partial charge is 0.394 e. The normalized spacial score (nSPS) is 11.0. The first-order valence-electron chi connectivity index (χ1n) is 5.93. The molecular formula is C13H13N5O. The van der Waals surface area contributed by atoms with Crippen LogP contribution in [0, 0.1) is 0 Å². The van der Waals surface area contributed by atoms with Crippen molar-refractivity contribution in [1.82, 2.24) is 19.7 Å². The van der Waals surface area contributed by atoms with E-state index in [2.05, 4.69) is 15.1 Å².